The standard InChI is InChI=1S/C21H23Cl2N3O2/c1-13-10-15(14(2)26(13)17-6-7-17)4-9-21(28)25(3)12-20(27)24-16-5-8-18(22)19(23)11-16/h4-5,8-11,17H,6-7,12H2,1-3H3,(H,24,27)/b9-4+. The first kappa shape index (κ1) is 20.5. The average molecular weight is 420 g/mol. The van der Waals surface area contributed by atoms with Crippen molar-refractivity contribution < 1.29 is 9.59 Å². The van der Waals surface area contributed by atoms with E-state index in [-0.39, 0.29) is 18.4 Å². The highest BCUT2D eigenvalue weighted by Crippen LogP contribution is 2.38. The van der Waals surface area contributed by atoms with Crippen molar-refractivity contribution in [2.45, 2.75) is 32.7 Å². The molecule has 1 aromatic carbocycles. The van der Waals surface area contributed by atoms with Crippen LogP contribution in [0.1, 0.15) is 35.8 Å². The van der Waals surface area contributed by atoms with Gasteiger partial charge in [-0.15, -0.1) is 0 Å². The summed E-state index contributed by atoms with van der Waals surface area (Å²) in [7, 11) is 1.59. The molecule has 3 rings (SSSR count). The maximum atomic E-state index is 12.4. The highest BCUT2D eigenvalue weighted by Gasteiger charge is 2.26. The van der Waals surface area contributed by atoms with Gasteiger partial charge < -0.3 is 14.8 Å². The van der Waals surface area contributed by atoms with Gasteiger partial charge in [0.2, 0.25) is 11.8 Å². The maximum Gasteiger partial charge on any atom is 0.246 e. The van der Waals surface area contributed by atoms with Gasteiger partial charge in [0, 0.05) is 36.2 Å². The molecule has 1 fully saturated rings. The first-order valence-corrected chi connectivity index (χ1v) is 9.88. The van der Waals surface area contributed by atoms with E-state index in [4.69, 9.17) is 23.2 Å². The fraction of sp³-hybridized carbons (Fsp3) is 0.333. The number of nitrogens with zero attached hydrogens (tertiary/aromatic N) is 2. The minimum absolute atomic E-state index is 0.0650. The van der Waals surface area contributed by atoms with Crippen LogP contribution in [0.25, 0.3) is 6.08 Å². The van der Waals surface area contributed by atoms with E-state index in [0.29, 0.717) is 21.8 Å². The largest absolute Gasteiger partial charge is 0.346 e. The number of hydrogen-bond donors (Lipinski definition) is 1. The van der Waals surface area contributed by atoms with Crippen LogP contribution in [-0.2, 0) is 9.59 Å². The number of hydrogen-bond acceptors (Lipinski definition) is 2. The quantitative estimate of drug-likeness (QED) is 0.679. The highest BCUT2D eigenvalue weighted by molar-refractivity contribution is 6.42. The first-order chi connectivity index (χ1) is 13.3. The number of aryl methyl sites for hydroxylation is 1. The molecule has 0 radical (unpaired) electrons. The molecule has 0 aliphatic heterocycles. The SMILES string of the molecule is Cc1cc(/C=C/C(=O)N(C)CC(=O)Nc2ccc(Cl)c(Cl)c2)c(C)n1C1CC1. The van der Waals surface area contributed by atoms with Crippen molar-refractivity contribution in [1.82, 2.24) is 9.47 Å². The molecule has 148 valence electrons. The Balaban J connectivity index is 1.58. The number of rotatable bonds is 6. The van der Waals surface area contributed by atoms with Gasteiger partial charge in [-0.05, 0) is 62.6 Å². The Morgan fingerprint density at radius 2 is 1.93 bits per heavy atom. The molecule has 1 N–H and O–H groups in total. The summed E-state index contributed by atoms with van der Waals surface area (Å²) in [6.45, 7) is 4.10. The average Bonchev–Trinajstić information content (AvgIpc) is 3.41. The first-order valence-electron chi connectivity index (χ1n) is 9.12. The Bertz CT molecular complexity index is 945. The third-order valence-electron chi connectivity index (χ3n) is 4.80. The van der Waals surface area contributed by atoms with E-state index in [2.05, 4.69) is 29.8 Å². The number of carbonyl (C=O) groups excluding carboxylic acids is 2. The fourth-order valence-corrected chi connectivity index (χ4v) is 3.52. The van der Waals surface area contributed by atoms with Crippen LogP contribution >= 0.6 is 23.2 Å². The van der Waals surface area contributed by atoms with E-state index < -0.39 is 0 Å². The third-order valence-corrected chi connectivity index (χ3v) is 5.54. The number of aromatic nitrogens is 1. The lowest BCUT2D eigenvalue weighted by Gasteiger charge is -2.15. The van der Waals surface area contributed by atoms with Gasteiger partial charge in [0.25, 0.3) is 0 Å². The molecule has 0 atom stereocenters. The summed E-state index contributed by atoms with van der Waals surface area (Å²) in [5, 5.41) is 3.48. The monoisotopic (exact) mass is 419 g/mol. The van der Waals surface area contributed by atoms with Gasteiger partial charge in [-0.25, -0.2) is 0 Å². The van der Waals surface area contributed by atoms with Gasteiger partial charge in [0.05, 0.1) is 16.6 Å². The van der Waals surface area contributed by atoms with Crippen molar-refractivity contribution in [3.8, 4) is 0 Å². The predicted octanol–water partition coefficient (Wildman–Crippen LogP) is 4.86. The molecule has 28 heavy (non-hydrogen) atoms. The van der Waals surface area contributed by atoms with Crippen LogP contribution in [0.4, 0.5) is 5.69 Å². The molecule has 2 aromatic rings. The zero-order valence-corrected chi connectivity index (χ0v) is 17.6. The zero-order chi connectivity index (χ0) is 20.4. The van der Waals surface area contributed by atoms with Crippen molar-refractivity contribution in [1.29, 1.82) is 0 Å². The van der Waals surface area contributed by atoms with Gasteiger partial charge in [0.15, 0.2) is 0 Å². The summed E-state index contributed by atoms with van der Waals surface area (Å²) in [4.78, 5) is 25.9. The smallest absolute Gasteiger partial charge is 0.246 e. The summed E-state index contributed by atoms with van der Waals surface area (Å²) in [5.74, 6) is -0.546. The predicted molar refractivity (Wildman–Crippen MR) is 114 cm³/mol. The summed E-state index contributed by atoms with van der Waals surface area (Å²) >= 11 is 11.8. The Hall–Kier alpha value is -2.24. The van der Waals surface area contributed by atoms with Gasteiger partial charge in [-0.2, -0.15) is 0 Å². The van der Waals surface area contributed by atoms with Crippen molar-refractivity contribution in [2.75, 3.05) is 18.9 Å². The van der Waals surface area contributed by atoms with Crippen LogP contribution in [0.15, 0.2) is 30.3 Å². The number of nitrogens with one attached hydrogen (secondary N) is 1. The highest BCUT2D eigenvalue weighted by atomic mass is 35.5. The van der Waals surface area contributed by atoms with Crippen molar-refractivity contribution >= 4 is 46.8 Å². The summed E-state index contributed by atoms with van der Waals surface area (Å²) < 4.78 is 2.33. The number of carbonyl (C=O) groups is 2. The number of anilines is 1. The lowest BCUT2D eigenvalue weighted by molar-refractivity contribution is -0.129. The normalized spacial score (nSPS) is 13.8. The number of benzene rings is 1. The molecular weight excluding hydrogens is 397 g/mol. The molecule has 1 saturated carbocycles. The Morgan fingerprint density at radius 3 is 2.57 bits per heavy atom. The Kier molecular flexibility index (Phi) is 6.16. The summed E-state index contributed by atoms with van der Waals surface area (Å²) in [6, 6.07) is 7.53. The summed E-state index contributed by atoms with van der Waals surface area (Å²) in [6.07, 6.45) is 5.76. The number of likely N-dealkylation sites (N-methyl/N-ethyl adjacent to an activating group) is 1. The Morgan fingerprint density at radius 1 is 1.21 bits per heavy atom. The zero-order valence-electron chi connectivity index (χ0n) is 16.1. The van der Waals surface area contributed by atoms with Crippen LogP contribution in [0.3, 0.4) is 0 Å². The van der Waals surface area contributed by atoms with Gasteiger partial charge in [-0.3, -0.25) is 9.59 Å². The van der Waals surface area contributed by atoms with E-state index in [1.165, 1.54) is 35.2 Å². The second-order valence-electron chi connectivity index (χ2n) is 7.13. The van der Waals surface area contributed by atoms with E-state index in [1.807, 2.05) is 6.08 Å². The fourth-order valence-electron chi connectivity index (χ4n) is 3.22. The molecule has 0 unspecified atom stereocenters. The molecule has 0 saturated heterocycles. The third kappa shape index (κ3) is 4.78. The van der Waals surface area contributed by atoms with E-state index in [0.717, 1.165) is 5.56 Å². The second-order valence-corrected chi connectivity index (χ2v) is 7.95. The maximum absolute atomic E-state index is 12.4. The number of amides is 2. The van der Waals surface area contributed by atoms with E-state index in [9.17, 15) is 9.59 Å². The van der Waals surface area contributed by atoms with Crippen LogP contribution in [-0.4, -0.2) is 34.9 Å². The minimum Gasteiger partial charge on any atom is -0.346 e. The van der Waals surface area contributed by atoms with Crippen molar-refractivity contribution in [3.05, 3.63) is 57.3 Å². The summed E-state index contributed by atoms with van der Waals surface area (Å²) in [5.41, 5.74) is 3.94. The van der Waals surface area contributed by atoms with Crippen LogP contribution in [0, 0.1) is 13.8 Å². The number of halogens is 2. The molecule has 1 aliphatic rings. The van der Waals surface area contributed by atoms with Crippen molar-refractivity contribution in [3.63, 3.8) is 0 Å². The lowest BCUT2D eigenvalue weighted by Crippen LogP contribution is -2.33. The molecule has 0 bridgehead atoms. The molecule has 1 aromatic heterocycles. The lowest BCUT2D eigenvalue weighted by atomic mass is 10.2. The minimum atomic E-state index is -0.311. The molecule has 0 spiro atoms. The molecule has 7 heteroatoms. The molecule has 2 amide bonds. The molecule has 1 heterocycles. The van der Waals surface area contributed by atoms with Crippen molar-refractivity contribution in [2.24, 2.45) is 0 Å². The Labute approximate surface area is 174 Å². The topological polar surface area (TPSA) is 54.3 Å². The second kappa shape index (κ2) is 8.41. The molecule has 1 aliphatic carbocycles. The molecular formula is C21H23Cl2N3O2. The van der Waals surface area contributed by atoms with Crippen LogP contribution < -0.4 is 5.32 Å². The van der Waals surface area contributed by atoms with E-state index in [1.54, 1.807) is 25.2 Å². The van der Waals surface area contributed by atoms with Crippen LogP contribution in [0.5, 0.6) is 0 Å². The van der Waals surface area contributed by atoms with Gasteiger partial charge in [-0.1, -0.05) is 23.2 Å². The van der Waals surface area contributed by atoms with E-state index >= 15 is 0 Å². The molecule has 5 nitrogen and oxygen atoms in total. The van der Waals surface area contributed by atoms with Gasteiger partial charge in [0.1, 0.15) is 0 Å². The van der Waals surface area contributed by atoms with Crippen LogP contribution in [0.2, 0.25) is 10.0 Å². The van der Waals surface area contributed by atoms with Gasteiger partial charge >= 0.3 is 0 Å².